The third kappa shape index (κ3) is 31.9. The van der Waals surface area contributed by atoms with E-state index in [1.165, 1.54) is 148 Å². The first-order valence-electron chi connectivity index (χ1n) is 14.7. The molecule has 0 radical (unpaired) electrons. The minimum Gasteiger partial charge on any atom is -0.316 e. The SMILES string of the molecule is CCCCCCCCCCCCCCCCCCCCCCCCCCNCCS(=O)(=O)O. The predicted molar refractivity (Wildman–Crippen MR) is 146 cm³/mol. The van der Waals surface area contributed by atoms with E-state index in [2.05, 4.69) is 12.2 Å². The Labute approximate surface area is 208 Å². The zero-order valence-electron chi connectivity index (χ0n) is 22.3. The van der Waals surface area contributed by atoms with Crippen LogP contribution in [-0.4, -0.2) is 31.8 Å². The summed E-state index contributed by atoms with van der Waals surface area (Å²) in [5, 5.41) is 3.07. The summed E-state index contributed by atoms with van der Waals surface area (Å²) in [7, 11) is -3.82. The molecule has 0 aliphatic carbocycles. The van der Waals surface area contributed by atoms with E-state index in [9.17, 15) is 8.42 Å². The lowest BCUT2D eigenvalue weighted by atomic mass is 10.0. The largest absolute Gasteiger partial charge is 0.316 e. The molecule has 5 heteroatoms. The summed E-state index contributed by atoms with van der Waals surface area (Å²) in [6.07, 6.45) is 33.6. The van der Waals surface area contributed by atoms with Gasteiger partial charge in [0.15, 0.2) is 0 Å². The molecular formula is C28H59NO3S. The normalized spacial score (nSPS) is 11.9. The smallest absolute Gasteiger partial charge is 0.266 e. The summed E-state index contributed by atoms with van der Waals surface area (Å²) >= 11 is 0. The maximum Gasteiger partial charge on any atom is 0.266 e. The van der Waals surface area contributed by atoms with Crippen LogP contribution in [0.1, 0.15) is 161 Å². The van der Waals surface area contributed by atoms with Gasteiger partial charge in [0.05, 0.1) is 5.75 Å². The summed E-state index contributed by atoms with van der Waals surface area (Å²) in [5.74, 6) is -0.188. The Morgan fingerprint density at radius 2 is 0.727 bits per heavy atom. The zero-order valence-corrected chi connectivity index (χ0v) is 23.1. The second kappa shape index (κ2) is 26.5. The van der Waals surface area contributed by atoms with E-state index in [-0.39, 0.29) is 5.75 Å². The third-order valence-electron chi connectivity index (χ3n) is 6.74. The summed E-state index contributed by atoms with van der Waals surface area (Å²) in [6.45, 7) is 3.48. The second-order valence-electron chi connectivity index (χ2n) is 10.2. The van der Waals surface area contributed by atoms with Crippen LogP contribution in [0.25, 0.3) is 0 Å². The lowest BCUT2D eigenvalue weighted by molar-refractivity contribution is 0.479. The van der Waals surface area contributed by atoms with Gasteiger partial charge in [-0.25, -0.2) is 0 Å². The molecule has 0 spiro atoms. The van der Waals surface area contributed by atoms with Crippen LogP contribution in [-0.2, 0) is 10.1 Å². The van der Waals surface area contributed by atoms with Crippen molar-refractivity contribution in [3.63, 3.8) is 0 Å². The number of hydrogen-bond acceptors (Lipinski definition) is 3. The molecule has 0 saturated carbocycles. The Bertz CT molecular complexity index is 468. The predicted octanol–water partition coefficient (Wildman–Crippen LogP) is 8.85. The molecule has 0 amide bonds. The van der Waals surface area contributed by atoms with E-state index >= 15 is 0 Å². The minimum absolute atomic E-state index is 0.188. The van der Waals surface area contributed by atoms with Gasteiger partial charge in [-0.2, -0.15) is 8.42 Å². The van der Waals surface area contributed by atoms with Crippen molar-refractivity contribution < 1.29 is 13.0 Å². The Balaban J connectivity index is 3.04. The van der Waals surface area contributed by atoms with E-state index in [0.717, 1.165) is 13.0 Å². The zero-order chi connectivity index (χ0) is 24.3. The number of nitrogens with one attached hydrogen (secondary N) is 1. The highest BCUT2D eigenvalue weighted by Crippen LogP contribution is 2.15. The molecule has 0 rings (SSSR count). The van der Waals surface area contributed by atoms with Crippen LogP contribution < -0.4 is 5.32 Å². The lowest BCUT2D eigenvalue weighted by Gasteiger charge is -2.05. The van der Waals surface area contributed by atoms with Gasteiger partial charge in [-0.15, -0.1) is 0 Å². The molecule has 0 bridgehead atoms. The van der Waals surface area contributed by atoms with Gasteiger partial charge in [0.25, 0.3) is 10.1 Å². The van der Waals surface area contributed by atoms with Crippen LogP contribution in [0.15, 0.2) is 0 Å². The molecule has 0 heterocycles. The van der Waals surface area contributed by atoms with Gasteiger partial charge in [-0.3, -0.25) is 4.55 Å². The highest BCUT2D eigenvalue weighted by molar-refractivity contribution is 7.85. The van der Waals surface area contributed by atoms with Gasteiger partial charge in [0.1, 0.15) is 0 Å². The Morgan fingerprint density at radius 3 is 1.00 bits per heavy atom. The quantitative estimate of drug-likeness (QED) is 0.0850. The van der Waals surface area contributed by atoms with Gasteiger partial charge in [-0.1, -0.05) is 155 Å². The molecule has 4 nitrogen and oxygen atoms in total. The average Bonchev–Trinajstić information content (AvgIpc) is 2.78. The lowest BCUT2D eigenvalue weighted by Crippen LogP contribution is -2.23. The van der Waals surface area contributed by atoms with E-state index in [0.29, 0.717) is 6.54 Å². The molecule has 200 valence electrons. The molecule has 33 heavy (non-hydrogen) atoms. The van der Waals surface area contributed by atoms with E-state index in [1.54, 1.807) is 0 Å². The number of hydrogen-bond donors (Lipinski definition) is 2. The molecule has 0 fully saturated rings. The molecule has 2 N–H and O–H groups in total. The first-order valence-corrected chi connectivity index (χ1v) is 16.3. The molecule has 0 unspecified atom stereocenters. The third-order valence-corrected chi connectivity index (χ3v) is 7.46. The highest BCUT2D eigenvalue weighted by atomic mass is 32.2. The van der Waals surface area contributed by atoms with Gasteiger partial charge >= 0.3 is 0 Å². The van der Waals surface area contributed by atoms with Crippen molar-refractivity contribution in [1.82, 2.24) is 5.32 Å². The molecule has 0 aromatic heterocycles. The number of unbranched alkanes of at least 4 members (excludes halogenated alkanes) is 23. The minimum atomic E-state index is -3.82. The molecule has 0 aliphatic rings. The van der Waals surface area contributed by atoms with Crippen LogP contribution in [0.2, 0.25) is 0 Å². The molecule has 0 aromatic carbocycles. The van der Waals surface area contributed by atoms with Crippen molar-refractivity contribution in [3.05, 3.63) is 0 Å². The van der Waals surface area contributed by atoms with Crippen molar-refractivity contribution in [2.45, 2.75) is 161 Å². The van der Waals surface area contributed by atoms with Crippen LogP contribution in [0.4, 0.5) is 0 Å². The van der Waals surface area contributed by atoms with Gasteiger partial charge in [-0.05, 0) is 13.0 Å². The Hall–Kier alpha value is -0.130. The van der Waals surface area contributed by atoms with Crippen LogP contribution in [0.5, 0.6) is 0 Å². The standard InChI is InChI=1S/C28H59NO3S/c1-2-3-4-5-6-7-8-9-10-11-12-13-14-15-16-17-18-19-20-21-22-23-24-25-26-29-27-28-33(30,31)32/h29H,2-28H2,1H3,(H,30,31,32). The molecule has 0 aliphatic heterocycles. The van der Waals surface area contributed by atoms with Crippen molar-refractivity contribution in [1.29, 1.82) is 0 Å². The molecular weight excluding hydrogens is 430 g/mol. The fraction of sp³-hybridized carbons (Fsp3) is 1.00. The van der Waals surface area contributed by atoms with Crippen molar-refractivity contribution in [2.24, 2.45) is 0 Å². The Morgan fingerprint density at radius 1 is 0.455 bits per heavy atom. The summed E-state index contributed by atoms with van der Waals surface area (Å²) in [6, 6.07) is 0. The van der Waals surface area contributed by atoms with Crippen molar-refractivity contribution >= 4 is 10.1 Å². The fourth-order valence-corrected chi connectivity index (χ4v) is 4.94. The van der Waals surface area contributed by atoms with E-state index in [4.69, 9.17) is 4.55 Å². The second-order valence-corrected chi connectivity index (χ2v) is 11.7. The van der Waals surface area contributed by atoms with Gasteiger partial charge in [0, 0.05) is 6.54 Å². The molecule has 0 saturated heterocycles. The number of rotatable bonds is 28. The highest BCUT2D eigenvalue weighted by Gasteiger charge is 2.02. The first kappa shape index (κ1) is 32.9. The monoisotopic (exact) mass is 489 g/mol. The first-order chi connectivity index (χ1) is 16.1. The van der Waals surface area contributed by atoms with Crippen LogP contribution in [0, 0.1) is 0 Å². The van der Waals surface area contributed by atoms with Crippen molar-refractivity contribution in [3.8, 4) is 0 Å². The Kier molecular flexibility index (Phi) is 26.4. The summed E-state index contributed by atoms with van der Waals surface area (Å²) in [4.78, 5) is 0. The molecule has 0 aromatic rings. The maximum atomic E-state index is 10.6. The van der Waals surface area contributed by atoms with Gasteiger partial charge in [0.2, 0.25) is 0 Å². The maximum absolute atomic E-state index is 10.6. The average molecular weight is 490 g/mol. The van der Waals surface area contributed by atoms with Crippen LogP contribution in [0.3, 0.4) is 0 Å². The topological polar surface area (TPSA) is 66.4 Å². The van der Waals surface area contributed by atoms with Crippen LogP contribution >= 0.6 is 0 Å². The van der Waals surface area contributed by atoms with Gasteiger partial charge < -0.3 is 5.32 Å². The van der Waals surface area contributed by atoms with E-state index < -0.39 is 10.1 Å². The molecule has 0 atom stereocenters. The fourth-order valence-electron chi connectivity index (χ4n) is 4.54. The summed E-state index contributed by atoms with van der Waals surface area (Å²) < 4.78 is 29.8. The van der Waals surface area contributed by atoms with E-state index in [1.807, 2.05) is 0 Å². The summed E-state index contributed by atoms with van der Waals surface area (Å²) in [5.41, 5.74) is 0. The van der Waals surface area contributed by atoms with Crippen molar-refractivity contribution in [2.75, 3.05) is 18.8 Å².